The van der Waals surface area contributed by atoms with Gasteiger partial charge in [-0.3, -0.25) is 4.31 Å². The number of hydrogen-bond donors (Lipinski definition) is 0. The fourth-order valence-electron chi connectivity index (χ4n) is 3.03. The van der Waals surface area contributed by atoms with E-state index in [1.165, 1.54) is 10.4 Å². The van der Waals surface area contributed by atoms with E-state index in [0.717, 1.165) is 16.7 Å². The zero-order chi connectivity index (χ0) is 21.9. The smallest absolute Gasteiger partial charge is 0.264 e. The Bertz CT molecular complexity index is 1140. The van der Waals surface area contributed by atoms with Gasteiger partial charge >= 0.3 is 0 Å². The summed E-state index contributed by atoms with van der Waals surface area (Å²) in [5.41, 5.74) is 3.18. The topological polar surface area (TPSA) is 55.8 Å². The molecule has 158 valence electrons. The standard InChI is InChI=1S/C23H24ClNO4S/c1-16-5-9-19(10-6-16)25(15-18-8-12-22(28-3)23(13-18)29-4)30(26,27)20-11-7-17(2)21(24)14-20/h5-14H,15H2,1-4H3. The Morgan fingerprint density at radius 2 is 1.53 bits per heavy atom. The van der Waals surface area contributed by atoms with Gasteiger partial charge in [0.05, 0.1) is 31.3 Å². The van der Waals surface area contributed by atoms with E-state index in [-0.39, 0.29) is 11.4 Å². The van der Waals surface area contributed by atoms with Crippen LogP contribution in [0.4, 0.5) is 5.69 Å². The van der Waals surface area contributed by atoms with Crippen LogP contribution in [0, 0.1) is 13.8 Å². The first kappa shape index (κ1) is 22.0. The molecular weight excluding hydrogens is 422 g/mol. The van der Waals surface area contributed by atoms with Crippen LogP contribution in [0.5, 0.6) is 11.5 Å². The summed E-state index contributed by atoms with van der Waals surface area (Å²) in [5, 5.41) is 0.408. The fourth-order valence-corrected chi connectivity index (χ4v) is 4.76. The van der Waals surface area contributed by atoms with Gasteiger partial charge in [0.1, 0.15) is 0 Å². The van der Waals surface area contributed by atoms with Crippen molar-refractivity contribution in [2.45, 2.75) is 25.3 Å². The molecule has 0 unspecified atom stereocenters. The van der Waals surface area contributed by atoms with Crippen molar-refractivity contribution in [2.75, 3.05) is 18.5 Å². The quantitative estimate of drug-likeness (QED) is 0.490. The maximum atomic E-state index is 13.6. The molecule has 0 radical (unpaired) electrons. The normalized spacial score (nSPS) is 11.2. The Labute approximate surface area is 182 Å². The maximum Gasteiger partial charge on any atom is 0.264 e. The Morgan fingerprint density at radius 1 is 0.867 bits per heavy atom. The molecule has 0 aliphatic heterocycles. The number of methoxy groups -OCH3 is 2. The highest BCUT2D eigenvalue weighted by Gasteiger charge is 2.26. The van der Waals surface area contributed by atoms with E-state index in [4.69, 9.17) is 21.1 Å². The van der Waals surface area contributed by atoms with Gasteiger partial charge in [0.2, 0.25) is 0 Å². The minimum Gasteiger partial charge on any atom is -0.493 e. The molecule has 0 saturated carbocycles. The molecule has 0 amide bonds. The molecule has 3 rings (SSSR count). The lowest BCUT2D eigenvalue weighted by Gasteiger charge is -2.25. The third kappa shape index (κ3) is 4.55. The van der Waals surface area contributed by atoms with E-state index in [2.05, 4.69) is 0 Å². The van der Waals surface area contributed by atoms with Crippen LogP contribution in [0.3, 0.4) is 0 Å². The lowest BCUT2D eigenvalue weighted by atomic mass is 10.2. The summed E-state index contributed by atoms with van der Waals surface area (Å²) in [4.78, 5) is 0.138. The zero-order valence-corrected chi connectivity index (χ0v) is 18.9. The molecule has 30 heavy (non-hydrogen) atoms. The summed E-state index contributed by atoms with van der Waals surface area (Å²) in [7, 11) is -0.760. The molecule has 5 nitrogen and oxygen atoms in total. The van der Waals surface area contributed by atoms with Gasteiger partial charge in [0.15, 0.2) is 11.5 Å². The summed E-state index contributed by atoms with van der Waals surface area (Å²) >= 11 is 6.21. The summed E-state index contributed by atoms with van der Waals surface area (Å²) in [6.07, 6.45) is 0. The van der Waals surface area contributed by atoms with E-state index in [9.17, 15) is 8.42 Å². The van der Waals surface area contributed by atoms with E-state index in [1.807, 2.05) is 32.0 Å². The molecule has 7 heteroatoms. The molecule has 0 aliphatic rings. The number of halogens is 1. The van der Waals surface area contributed by atoms with Crippen LogP contribution in [0.2, 0.25) is 5.02 Å². The van der Waals surface area contributed by atoms with Gasteiger partial charge in [-0.05, 0) is 61.4 Å². The van der Waals surface area contributed by atoms with Crippen LogP contribution < -0.4 is 13.8 Å². The van der Waals surface area contributed by atoms with Crippen molar-refractivity contribution in [2.24, 2.45) is 0 Å². The molecule has 0 aliphatic carbocycles. The third-order valence-electron chi connectivity index (χ3n) is 4.83. The third-order valence-corrected chi connectivity index (χ3v) is 7.00. The molecular formula is C23H24ClNO4S. The minimum absolute atomic E-state index is 0.122. The van der Waals surface area contributed by atoms with Gasteiger partial charge in [0, 0.05) is 5.02 Å². The molecule has 0 atom stereocenters. The number of aryl methyl sites for hydroxylation is 2. The van der Waals surface area contributed by atoms with Crippen molar-refractivity contribution in [3.8, 4) is 11.5 Å². The first-order chi connectivity index (χ1) is 14.3. The monoisotopic (exact) mass is 445 g/mol. The van der Waals surface area contributed by atoms with Crippen LogP contribution in [0.1, 0.15) is 16.7 Å². The van der Waals surface area contributed by atoms with Crippen LogP contribution in [0.15, 0.2) is 65.6 Å². The van der Waals surface area contributed by atoms with E-state index in [0.29, 0.717) is 22.2 Å². The maximum absolute atomic E-state index is 13.6. The van der Waals surface area contributed by atoms with E-state index >= 15 is 0 Å². The second kappa shape index (κ2) is 8.98. The average molecular weight is 446 g/mol. The van der Waals surface area contributed by atoms with Crippen molar-refractivity contribution >= 4 is 27.3 Å². The van der Waals surface area contributed by atoms with Crippen molar-refractivity contribution in [1.82, 2.24) is 0 Å². The van der Waals surface area contributed by atoms with Crippen molar-refractivity contribution < 1.29 is 17.9 Å². The fraction of sp³-hybridized carbons (Fsp3) is 0.217. The predicted molar refractivity (Wildman–Crippen MR) is 120 cm³/mol. The Hall–Kier alpha value is -2.70. The second-order valence-electron chi connectivity index (χ2n) is 6.95. The van der Waals surface area contributed by atoms with Gasteiger partial charge in [-0.25, -0.2) is 8.42 Å². The lowest BCUT2D eigenvalue weighted by molar-refractivity contribution is 0.354. The highest BCUT2D eigenvalue weighted by atomic mass is 35.5. The van der Waals surface area contributed by atoms with E-state index in [1.54, 1.807) is 50.6 Å². The van der Waals surface area contributed by atoms with Gasteiger partial charge in [-0.1, -0.05) is 41.4 Å². The first-order valence-electron chi connectivity index (χ1n) is 9.32. The van der Waals surface area contributed by atoms with Gasteiger partial charge < -0.3 is 9.47 Å². The lowest BCUT2D eigenvalue weighted by Crippen LogP contribution is -2.30. The number of ether oxygens (including phenoxy) is 2. The molecule has 0 heterocycles. The first-order valence-corrected chi connectivity index (χ1v) is 11.1. The predicted octanol–water partition coefficient (Wildman–Crippen LogP) is 5.37. The Kier molecular flexibility index (Phi) is 6.58. The number of rotatable bonds is 7. The van der Waals surface area contributed by atoms with Crippen LogP contribution >= 0.6 is 11.6 Å². The largest absolute Gasteiger partial charge is 0.493 e. The Balaban J connectivity index is 2.09. The SMILES string of the molecule is COc1ccc(CN(c2ccc(C)cc2)S(=O)(=O)c2ccc(C)c(Cl)c2)cc1OC. The summed E-state index contributed by atoms with van der Waals surface area (Å²) in [6.45, 7) is 3.91. The molecule has 0 saturated heterocycles. The number of anilines is 1. The molecule has 3 aromatic carbocycles. The molecule has 0 fully saturated rings. The van der Waals surface area contributed by atoms with E-state index < -0.39 is 10.0 Å². The van der Waals surface area contributed by atoms with Gasteiger partial charge in [-0.15, -0.1) is 0 Å². The minimum atomic E-state index is -3.86. The molecule has 0 aromatic heterocycles. The molecule has 0 bridgehead atoms. The summed E-state index contributed by atoms with van der Waals surface area (Å²) in [6, 6.07) is 17.5. The summed E-state index contributed by atoms with van der Waals surface area (Å²) in [5.74, 6) is 1.12. The van der Waals surface area contributed by atoms with Gasteiger partial charge in [-0.2, -0.15) is 0 Å². The Morgan fingerprint density at radius 3 is 2.13 bits per heavy atom. The molecule has 0 spiro atoms. The van der Waals surface area contributed by atoms with Gasteiger partial charge in [0.25, 0.3) is 10.0 Å². The number of sulfonamides is 1. The zero-order valence-electron chi connectivity index (χ0n) is 17.3. The van der Waals surface area contributed by atoms with Crippen molar-refractivity contribution in [3.05, 3.63) is 82.4 Å². The van der Waals surface area contributed by atoms with Crippen LogP contribution in [-0.2, 0) is 16.6 Å². The number of nitrogens with zero attached hydrogens (tertiary/aromatic N) is 1. The molecule has 3 aromatic rings. The van der Waals surface area contributed by atoms with Crippen molar-refractivity contribution in [1.29, 1.82) is 0 Å². The second-order valence-corrected chi connectivity index (χ2v) is 9.22. The highest BCUT2D eigenvalue weighted by molar-refractivity contribution is 7.92. The average Bonchev–Trinajstić information content (AvgIpc) is 2.74. The molecule has 0 N–H and O–H groups in total. The highest BCUT2D eigenvalue weighted by Crippen LogP contribution is 2.32. The van der Waals surface area contributed by atoms with Crippen molar-refractivity contribution in [3.63, 3.8) is 0 Å². The summed E-state index contributed by atoms with van der Waals surface area (Å²) < 4.78 is 39.2. The van der Waals surface area contributed by atoms with Crippen LogP contribution in [-0.4, -0.2) is 22.6 Å². The number of hydrogen-bond acceptors (Lipinski definition) is 4. The number of benzene rings is 3. The van der Waals surface area contributed by atoms with Crippen LogP contribution in [0.25, 0.3) is 0 Å².